The fourth-order valence-corrected chi connectivity index (χ4v) is 3.69. The van der Waals surface area contributed by atoms with Crippen molar-refractivity contribution < 1.29 is 27.4 Å². The molecule has 0 fully saturated rings. The molecule has 7 nitrogen and oxygen atoms in total. The molecule has 1 aromatic heterocycles. The number of hydrogen-bond donors (Lipinski definition) is 2. The van der Waals surface area contributed by atoms with Crippen LogP contribution in [-0.4, -0.2) is 22.5 Å². The number of hydrogen-bond acceptors (Lipinski definition) is 5. The van der Waals surface area contributed by atoms with Crippen LogP contribution in [0.15, 0.2) is 72.8 Å². The first kappa shape index (κ1) is 22.3. The quantitative estimate of drug-likeness (QED) is 0.428. The Morgan fingerprint density at radius 3 is 2.54 bits per heavy atom. The van der Waals surface area contributed by atoms with Crippen LogP contribution >= 0.6 is 0 Å². The van der Waals surface area contributed by atoms with Crippen LogP contribution in [0.2, 0.25) is 0 Å². The number of carbonyl (C=O) groups is 1. The van der Waals surface area contributed by atoms with E-state index in [1.54, 1.807) is 30.3 Å². The zero-order valence-electron chi connectivity index (χ0n) is 18.2. The number of carbonyl (C=O) groups excluding carboxylic acids is 1. The molecule has 0 radical (unpaired) electrons. The lowest BCUT2D eigenvalue weighted by Crippen LogP contribution is -2.22. The molecule has 0 atom stereocenters. The maximum absolute atomic E-state index is 13.0. The highest BCUT2D eigenvalue weighted by atomic mass is 19.4. The van der Waals surface area contributed by atoms with Gasteiger partial charge in [0.1, 0.15) is 5.82 Å². The Hall–Kier alpha value is -4.47. The summed E-state index contributed by atoms with van der Waals surface area (Å²) in [6.45, 7) is 0.489. The molecule has 0 saturated heterocycles. The van der Waals surface area contributed by atoms with Crippen molar-refractivity contribution >= 4 is 11.7 Å². The van der Waals surface area contributed by atoms with Crippen LogP contribution in [0, 0.1) is 0 Å². The van der Waals surface area contributed by atoms with Crippen LogP contribution < -0.4 is 20.5 Å². The maximum Gasteiger partial charge on any atom is 0.416 e. The molecule has 0 spiro atoms. The number of aromatic nitrogens is 2. The fraction of sp³-hybridized carbons (Fsp3) is 0.120. The standard InChI is InChI=1S/C25H19F3N4O3/c26-25(27,28)18-3-1-2-17(11-18)20-12-23(29)32(31-20)19-7-5-16(6-8-19)24(33)30-13-15-4-9-21-22(10-15)35-14-34-21/h1-12H,13-14,29H2,(H,30,33). The van der Waals surface area contributed by atoms with Gasteiger partial charge in [0, 0.05) is 23.7 Å². The van der Waals surface area contributed by atoms with Gasteiger partial charge in [-0.2, -0.15) is 18.3 Å². The molecule has 0 aliphatic carbocycles. The predicted molar refractivity (Wildman–Crippen MR) is 122 cm³/mol. The third-order valence-electron chi connectivity index (χ3n) is 5.49. The minimum atomic E-state index is -4.46. The van der Waals surface area contributed by atoms with Gasteiger partial charge in [-0.05, 0) is 54.1 Å². The van der Waals surface area contributed by atoms with E-state index in [0.717, 1.165) is 17.7 Å². The summed E-state index contributed by atoms with van der Waals surface area (Å²) in [4.78, 5) is 12.6. The van der Waals surface area contributed by atoms with Gasteiger partial charge < -0.3 is 20.5 Å². The summed E-state index contributed by atoms with van der Waals surface area (Å²) in [6.07, 6.45) is -4.46. The average Bonchev–Trinajstić information content (AvgIpc) is 3.48. The van der Waals surface area contributed by atoms with Gasteiger partial charge >= 0.3 is 6.18 Å². The molecule has 0 bridgehead atoms. The van der Waals surface area contributed by atoms with E-state index < -0.39 is 11.7 Å². The van der Waals surface area contributed by atoms with Gasteiger partial charge in [-0.15, -0.1) is 0 Å². The van der Waals surface area contributed by atoms with E-state index in [2.05, 4.69) is 10.4 Å². The van der Waals surface area contributed by atoms with Gasteiger partial charge in [0.05, 0.1) is 16.9 Å². The Balaban J connectivity index is 1.29. The smallest absolute Gasteiger partial charge is 0.416 e. The molecular formula is C25H19F3N4O3. The second-order valence-corrected chi connectivity index (χ2v) is 7.86. The van der Waals surface area contributed by atoms with Crippen molar-refractivity contribution in [3.05, 3.63) is 89.5 Å². The van der Waals surface area contributed by atoms with E-state index in [-0.39, 0.29) is 18.5 Å². The molecule has 4 aromatic rings. The summed E-state index contributed by atoms with van der Waals surface area (Å²) in [5.74, 6) is 1.29. The number of halogens is 3. The first-order valence-corrected chi connectivity index (χ1v) is 10.6. The molecule has 3 N–H and O–H groups in total. The highest BCUT2D eigenvalue weighted by Gasteiger charge is 2.30. The van der Waals surface area contributed by atoms with Crippen LogP contribution in [0.4, 0.5) is 19.0 Å². The average molecular weight is 480 g/mol. The largest absolute Gasteiger partial charge is 0.454 e. The minimum absolute atomic E-state index is 0.180. The number of nitrogens with one attached hydrogen (secondary N) is 1. The highest BCUT2D eigenvalue weighted by Crippen LogP contribution is 2.33. The van der Waals surface area contributed by atoms with Crippen molar-refractivity contribution in [3.8, 4) is 28.4 Å². The molecule has 3 aromatic carbocycles. The van der Waals surface area contributed by atoms with E-state index in [9.17, 15) is 18.0 Å². The summed E-state index contributed by atoms with van der Waals surface area (Å²) in [5, 5.41) is 7.20. The number of anilines is 1. The van der Waals surface area contributed by atoms with Crippen molar-refractivity contribution in [2.24, 2.45) is 0 Å². The van der Waals surface area contributed by atoms with Crippen LogP contribution in [-0.2, 0) is 12.7 Å². The SMILES string of the molecule is Nc1cc(-c2cccc(C(F)(F)F)c2)nn1-c1ccc(C(=O)NCc2ccc3c(c2)OCO3)cc1. The van der Waals surface area contributed by atoms with Gasteiger partial charge in [-0.1, -0.05) is 18.2 Å². The lowest BCUT2D eigenvalue weighted by molar-refractivity contribution is -0.137. The molecule has 35 heavy (non-hydrogen) atoms. The van der Waals surface area contributed by atoms with Gasteiger partial charge in [0.15, 0.2) is 11.5 Å². The third-order valence-corrected chi connectivity index (χ3v) is 5.49. The highest BCUT2D eigenvalue weighted by molar-refractivity contribution is 5.94. The molecule has 2 heterocycles. The topological polar surface area (TPSA) is 91.4 Å². The van der Waals surface area contributed by atoms with Crippen molar-refractivity contribution in [2.75, 3.05) is 12.5 Å². The third kappa shape index (κ3) is 4.63. The van der Waals surface area contributed by atoms with Crippen molar-refractivity contribution in [2.45, 2.75) is 12.7 Å². The van der Waals surface area contributed by atoms with E-state index in [1.807, 2.05) is 12.1 Å². The lowest BCUT2D eigenvalue weighted by Gasteiger charge is -2.08. The summed E-state index contributed by atoms with van der Waals surface area (Å²) in [5.41, 5.74) is 7.76. The first-order chi connectivity index (χ1) is 16.8. The normalized spacial score (nSPS) is 12.5. The van der Waals surface area contributed by atoms with E-state index in [4.69, 9.17) is 15.2 Å². The number of nitrogen functional groups attached to an aromatic ring is 1. The molecule has 178 valence electrons. The Morgan fingerprint density at radius 1 is 1.00 bits per heavy atom. The molecule has 10 heteroatoms. The van der Waals surface area contributed by atoms with Gasteiger partial charge in [0.25, 0.3) is 5.91 Å². The Kier molecular flexibility index (Phi) is 5.56. The number of nitrogens with two attached hydrogens (primary N) is 1. The molecule has 1 aliphatic rings. The van der Waals surface area contributed by atoms with Crippen LogP contribution in [0.1, 0.15) is 21.5 Å². The number of rotatable bonds is 5. The summed E-state index contributed by atoms with van der Waals surface area (Å²) in [6, 6.07) is 18.4. The van der Waals surface area contributed by atoms with Gasteiger partial charge in [-0.3, -0.25) is 4.79 Å². The number of fused-ring (bicyclic) bond motifs is 1. The van der Waals surface area contributed by atoms with Crippen LogP contribution in [0.5, 0.6) is 11.5 Å². The Bertz CT molecular complexity index is 1400. The predicted octanol–water partition coefficient (Wildman–Crippen LogP) is 4.80. The van der Waals surface area contributed by atoms with Crippen LogP contribution in [0.3, 0.4) is 0 Å². The van der Waals surface area contributed by atoms with Gasteiger partial charge in [0.2, 0.25) is 6.79 Å². The number of benzene rings is 3. The van der Waals surface area contributed by atoms with Crippen molar-refractivity contribution in [3.63, 3.8) is 0 Å². The number of nitrogens with zero attached hydrogens (tertiary/aromatic N) is 2. The second kappa shape index (κ2) is 8.71. The molecule has 1 amide bonds. The monoisotopic (exact) mass is 480 g/mol. The first-order valence-electron chi connectivity index (χ1n) is 10.6. The number of ether oxygens (including phenoxy) is 2. The maximum atomic E-state index is 13.0. The molecular weight excluding hydrogens is 461 g/mol. The fourth-order valence-electron chi connectivity index (χ4n) is 3.69. The number of alkyl halides is 3. The second-order valence-electron chi connectivity index (χ2n) is 7.86. The molecule has 1 aliphatic heterocycles. The lowest BCUT2D eigenvalue weighted by atomic mass is 10.1. The zero-order valence-corrected chi connectivity index (χ0v) is 18.2. The zero-order chi connectivity index (χ0) is 24.6. The Morgan fingerprint density at radius 2 is 1.77 bits per heavy atom. The van der Waals surface area contributed by atoms with Crippen molar-refractivity contribution in [1.82, 2.24) is 15.1 Å². The molecule has 0 unspecified atom stereocenters. The van der Waals surface area contributed by atoms with E-state index in [0.29, 0.717) is 40.6 Å². The summed E-state index contributed by atoms with van der Waals surface area (Å²) < 4.78 is 51.2. The van der Waals surface area contributed by atoms with Crippen molar-refractivity contribution in [1.29, 1.82) is 0 Å². The molecule has 5 rings (SSSR count). The van der Waals surface area contributed by atoms with E-state index >= 15 is 0 Å². The van der Waals surface area contributed by atoms with E-state index in [1.165, 1.54) is 22.9 Å². The summed E-state index contributed by atoms with van der Waals surface area (Å²) >= 11 is 0. The molecule has 0 saturated carbocycles. The van der Waals surface area contributed by atoms with Crippen LogP contribution in [0.25, 0.3) is 16.9 Å². The minimum Gasteiger partial charge on any atom is -0.454 e. The summed E-state index contributed by atoms with van der Waals surface area (Å²) in [7, 11) is 0. The van der Waals surface area contributed by atoms with Gasteiger partial charge in [-0.25, -0.2) is 4.68 Å². The Labute approximate surface area is 197 Å². The number of amides is 1.